The number of nitrogens with one attached hydrogen (secondary N) is 1. The maximum absolute atomic E-state index is 14.0. The second-order valence-corrected chi connectivity index (χ2v) is 7.72. The van der Waals surface area contributed by atoms with Crippen LogP contribution in [0.3, 0.4) is 0 Å². The van der Waals surface area contributed by atoms with Crippen LogP contribution in [-0.2, 0) is 0 Å². The van der Waals surface area contributed by atoms with Gasteiger partial charge in [-0.05, 0) is 55.3 Å². The number of nitrogens with zero attached hydrogens (tertiary/aromatic N) is 5. The number of halogens is 1. The highest BCUT2D eigenvalue weighted by molar-refractivity contribution is 5.92. The highest BCUT2D eigenvalue weighted by atomic mass is 19.1. The summed E-state index contributed by atoms with van der Waals surface area (Å²) in [5.41, 5.74) is 2.77. The summed E-state index contributed by atoms with van der Waals surface area (Å²) in [5.74, 6) is 0.240. The number of hydrogen-bond donors (Lipinski definition) is 1. The summed E-state index contributed by atoms with van der Waals surface area (Å²) in [4.78, 5) is 23.4. The number of rotatable bonds is 4. The van der Waals surface area contributed by atoms with Gasteiger partial charge in [-0.15, -0.1) is 5.10 Å². The van der Waals surface area contributed by atoms with Crippen LogP contribution in [0.4, 0.5) is 10.2 Å². The summed E-state index contributed by atoms with van der Waals surface area (Å²) in [5, 5.41) is 7.74. The van der Waals surface area contributed by atoms with E-state index in [4.69, 9.17) is 0 Å². The number of pyridine rings is 1. The molecule has 4 heterocycles. The molecule has 0 saturated carbocycles. The molecule has 7 nitrogen and oxygen atoms in total. The van der Waals surface area contributed by atoms with E-state index >= 15 is 0 Å². The van der Waals surface area contributed by atoms with Crippen molar-refractivity contribution >= 4 is 17.4 Å². The van der Waals surface area contributed by atoms with Crippen LogP contribution in [-0.4, -0.2) is 38.1 Å². The third-order valence-electron chi connectivity index (χ3n) is 5.53. The van der Waals surface area contributed by atoms with Crippen LogP contribution in [0.5, 0.6) is 0 Å². The zero-order valence-electron chi connectivity index (χ0n) is 16.9. The lowest BCUT2D eigenvalue weighted by atomic mass is 10.0. The van der Waals surface area contributed by atoms with Gasteiger partial charge in [0.2, 0.25) is 0 Å². The molecule has 0 radical (unpaired) electrons. The Labute approximate surface area is 178 Å². The fourth-order valence-corrected chi connectivity index (χ4v) is 4.11. The summed E-state index contributed by atoms with van der Waals surface area (Å²) in [6, 6.07) is 15.5. The molecule has 1 aliphatic rings. The maximum Gasteiger partial charge on any atom is 0.270 e. The molecule has 1 aromatic carbocycles. The van der Waals surface area contributed by atoms with Crippen molar-refractivity contribution in [1.82, 2.24) is 24.9 Å². The van der Waals surface area contributed by atoms with Gasteiger partial charge in [0.1, 0.15) is 17.3 Å². The summed E-state index contributed by atoms with van der Waals surface area (Å²) < 4.78 is 15.7. The van der Waals surface area contributed by atoms with E-state index in [2.05, 4.69) is 25.3 Å². The second kappa shape index (κ2) is 7.79. The van der Waals surface area contributed by atoms with Crippen LogP contribution < -0.4 is 10.2 Å². The number of carbonyl (C=O) groups is 1. The number of anilines is 1. The zero-order valence-corrected chi connectivity index (χ0v) is 16.9. The van der Waals surface area contributed by atoms with Crippen molar-refractivity contribution in [3.05, 3.63) is 89.8 Å². The predicted molar refractivity (Wildman–Crippen MR) is 114 cm³/mol. The lowest BCUT2D eigenvalue weighted by Crippen LogP contribution is -2.37. The lowest BCUT2D eigenvalue weighted by molar-refractivity contribution is 0.0934. The molecule has 1 amide bonds. The van der Waals surface area contributed by atoms with Crippen molar-refractivity contribution in [2.24, 2.45) is 0 Å². The monoisotopic (exact) mass is 416 g/mol. The Hall–Kier alpha value is -3.81. The van der Waals surface area contributed by atoms with Crippen LogP contribution in [0, 0.1) is 12.7 Å². The van der Waals surface area contributed by atoms with Gasteiger partial charge in [0, 0.05) is 30.7 Å². The zero-order chi connectivity index (χ0) is 21.4. The van der Waals surface area contributed by atoms with E-state index in [9.17, 15) is 9.18 Å². The van der Waals surface area contributed by atoms with E-state index in [1.54, 1.807) is 35.1 Å². The van der Waals surface area contributed by atoms with Gasteiger partial charge >= 0.3 is 0 Å². The summed E-state index contributed by atoms with van der Waals surface area (Å²) >= 11 is 0. The number of carbonyl (C=O) groups excluding carboxylic acids is 1. The van der Waals surface area contributed by atoms with Gasteiger partial charge in [0.25, 0.3) is 5.91 Å². The molecule has 31 heavy (non-hydrogen) atoms. The van der Waals surface area contributed by atoms with Crippen molar-refractivity contribution in [2.75, 3.05) is 11.4 Å². The average Bonchev–Trinajstić information content (AvgIpc) is 3.40. The van der Waals surface area contributed by atoms with E-state index in [1.807, 2.05) is 37.3 Å². The molecule has 1 N–H and O–H groups in total. The Kier molecular flexibility index (Phi) is 4.82. The molecule has 1 unspecified atom stereocenters. The predicted octanol–water partition coefficient (Wildman–Crippen LogP) is 3.32. The van der Waals surface area contributed by atoms with E-state index < -0.39 is 0 Å². The smallest absolute Gasteiger partial charge is 0.270 e. The first-order valence-corrected chi connectivity index (χ1v) is 10.1. The van der Waals surface area contributed by atoms with Gasteiger partial charge in [-0.1, -0.05) is 18.2 Å². The number of amides is 1. The van der Waals surface area contributed by atoms with Gasteiger partial charge in [0.05, 0.1) is 6.04 Å². The molecule has 5 rings (SSSR count). The first-order chi connectivity index (χ1) is 15.1. The number of benzene rings is 1. The van der Waals surface area contributed by atoms with E-state index in [0.717, 1.165) is 22.7 Å². The van der Waals surface area contributed by atoms with Gasteiger partial charge in [-0.25, -0.2) is 18.9 Å². The molecule has 156 valence electrons. The Balaban J connectivity index is 1.45. The molecule has 1 aliphatic heterocycles. The number of aryl methyl sites for hydroxylation is 1. The normalized spacial score (nSPS) is 18.5. The molecule has 1 fully saturated rings. The fourth-order valence-electron chi connectivity index (χ4n) is 4.11. The summed E-state index contributed by atoms with van der Waals surface area (Å²) in [6.07, 6.45) is 4.11. The summed E-state index contributed by atoms with van der Waals surface area (Å²) in [7, 11) is 0. The Morgan fingerprint density at radius 2 is 2.03 bits per heavy atom. The Morgan fingerprint density at radius 1 is 1.16 bits per heavy atom. The molecule has 3 aromatic heterocycles. The van der Waals surface area contributed by atoms with Gasteiger partial charge in [-0.3, -0.25) is 4.79 Å². The maximum atomic E-state index is 14.0. The molecule has 2 atom stereocenters. The highest BCUT2D eigenvalue weighted by Crippen LogP contribution is 2.35. The minimum absolute atomic E-state index is 0.125. The molecular formula is C23H21FN6O. The van der Waals surface area contributed by atoms with Crippen LogP contribution in [0.25, 0.3) is 5.65 Å². The molecule has 0 spiro atoms. The quantitative estimate of drug-likeness (QED) is 0.552. The van der Waals surface area contributed by atoms with Crippen LogP contribution in [0.15, 0.2) is 67.0 Å². The van der Waals surface area contributed by atoms with Crippen LogP contribution >= 0.6 is 0 Å². The van der Waals surface area contributed by atoms with Crippen molar-refractivity contribution in [1.29, 1.82) is 0 Å². The van der Waals surface area contributed by atoms with Crippen molar-refractivity contribution in [3.8, 4) is 0 Å². The van der Waals surface area contributed by atoms with Crippen molar-refractivity contribution < 1.29 is 9.18 Å². The third kappa shape index (κ3) is 3.84. The SMILES string of the molecule is Cc1cccc(C(=O)NC2C[C@H](c3cccc(F)c3)N(c3ccc4nccn4n3)C2)n1. The van der Waals surface area contributed by atoms with Crippen molar-refractivity contribution in [2.45, 2.75) is 25.4 Å². The Morgan fingerprint density at radius 3 is 2.87 bits per heavy atom. The molecule has 0 bridgehead atoms. The number of aromatic nitrogens is 4. The van der Waals surface area contributed by atoms with Crippen LogP contribution in [0.2, 0.25) is 0 Å². The molecular weight excluding hydrogens is 395 g/mol. The van der Waals surface area contributed by atoms with Crippen molar-refractivity contribution in [3.63, 3.8) is 0 Å². The molecule has 0 aliphatic carbocycles. The average molecular weight is 416 g/mol. The van der Waals surface area contributed by atoms with Gasteiger partial charge in [0.15, 0.2) is 5.65 Å². The molecule has 4 aromatic rings. The van der Waals surface area contributed by atoms with Crippen LogP contribution in [0.1, 0.15) is 34.2 Å². The fraction of sp³-hybridized carbons (Fsp3) is 0.217. The first kappa shape index (κ1) is 19.2. The second-order valence-electron chi connectivity index (χ2n) is 7.72. The first-order valence-electron chi connectivity index (χ1n) is 10.1. The van der Waals surface area contributed by atoms with E-state index in [0.29, 0.717) is 18.7 Å². The summed E-state index contributed by atoms with van der Waals surface area (Å²) in [6.45, 7) is 2.40. The van der Waals surface area contributed by atoms with E-state index in [-0.39, 0.29) is 23.8 Å². The van der Waals surface area contributed by atoms with Gasteiger partial charge in [-0.2, -0.15) is 0 Å². The lowest BCUT2D eigenvalue weighted by Gasteiger charge is -2.25. The number of hydrogen-bond acceptors (Lipinski definition) is 5. The molecule has 8 heteroatoms. The minimum Gasteiger partial charge on any atom is -0.346 e. The largest absolute Gasteiger partial charge is 0.346 e. The van der Waals surface area contributed by atoms with E-state index in [1.165, 1.54) is 6.07 Å². The number of imidazole rings is 1. The Bertz CT molecular complexity index is 1260. The standard InChI is InChI=1S/C23H21FN6O/c1-15-4-2-7-19(26-15)23(31)27-18-13-20(16-5-3-6-17(24)12-16)29(14-18)22-9-8-21-25-10-11-30(21)28-22/h2-12,18,20H,13-14H2,1H3,(H,27,31)/t18?,20-/m1/s1. The topological polar surface area (TPSA) is 75.4 Å². The minimum atomic E-state index is -0.285. The highest BCUT2D eigenvalue weighted by Gasteiger charge is 2.35. The third-order valence-corrected chi connectivity index (χ3v) is 5.53. The number of fused-ring (bicyclic) bond motifs is 1. The van der Waals surface area contributed by atoms with Gasteiger partial charge < -0.3 is 10.2 Å². The molecule has 1 saturated heterocycles.